The summed E-state index contributed by atoms with van der Waals surface area (Å²) in [5.74, 6) is 0. The first-order chi connectivity index (χ1) is 9.38. The van der Waals surface area contributed by atoms with E-state index in [1.807, 2.05) is 11.6 Å². The zero-order valence-corrected chi connectivity index (χ0v) is 12.6. The van der Waals surface area contributed by atoms with Gasteiger partial charge >= 0.3 is 0 Å². The van der Waals surface area contributed by atoms with Crippen molar-refractivity contribution in [3.63, 3.8) is 0 Å². The fourth-order valence-electron chi connectivity index (χ4n) is 2.25. The fourth-order valence-corrected chi connectivity index (χ4v) is 2.25. The molecule has 0 unspecified atom stereocenters. The highest BCUT2D eigenvalue weighted by atomic mass is 14.9. The third-order valence-corrected chi connectivity index (χ3v) is 4.09. The summed E-state index contributed by atoms with van der Waals surface area (Å²) in [5.41, 5.74) is 4.69. The van der Waals surface area contributed by atoms with E-state index in [0.29, 0.717) is 6.17 Å². The molecule has 1 aromatic heterocycles. The predicted octanol–water partition coefficient (Wildman–Crippen LogP) is 4.17. The molecule has 0 atom stereocenters. The molecule has 1 nitrogen and oxygen atoms in total. The van der Waals surface area contributed by atoms with E-state index in [9.17, 15) is 0 Å². The van der Waals surface area contributed by atoms with Crippen LogP contribution in [-0.2, 0) is 12.5 Å². The lowest BCUT2D eigenvalue weighted by molar-refractivity contribution is -0.661. The lowest BCUT2D eigenvalue weighted by Gasteiger charge is -2.21. The van der Waals surface area contributed by atoms with Crippen LogP contribution in [0, 0.1) is 6.92 Å². The molecular formula is C18H24N+. The van der Waals surface area contributed by atoms with E-state index in [1.54, 1.807) is 0 Å². The molecule has 0 amide bonds. The van der Waals surface area contributed by atoms with Crippen molar-refractivity contribution < 1.29 is 5.94 Å². The molecule has 0 bridgehead atoms. The van der Waals surface area contributed by atoms with Gasteiger partial charge in [-0.05, 0) is 36.5 Å². The summed E-state index contributed by atoms with van der Waals surface area (Å²) < 4.78 is 10.5. The highest BCUT2D eigenvalue weighted by Gasteiger charge is 2.22. The monoisotopic (exact) mass is 255 g/mol. The summed E-state index contributed by atoms with van der Waals surface area (Å²) in [6.45, 7) is 8.69. The van der Waals surface area contributed by atoms with Crippen molar-refractivity contribution in [3.05, 3.63) is 53.7 Å². The van der Waals surface area contributed by atoms with Gasteiger partial charge < -0.3 is 0 Å². The maximum absolute atomic E-state index is 8.48. The largest absolute Gasteiger partial charge is 0.212 e. The maximum atomic E-state index is 8.48. The van der Waals surface area contributed by atoms with Crippen molar-refractivity contribution in [2.24, 2.45) is 7.05 Å². The lowest BCUT2D eigenvalue weighted by Crippen LogP contribution is -2.33. The van der Waals surface area contributed by atoms with Crippen LogP contribution in [0.4, 0.5) is 0 Å². The molecule has 1 aromatic carbocycles. The van der Waals surface area contributed by atoms with Crippen molar-refractivity contribution in [2.45, 2.75) is 39.5 Å². The van der Waals surface area contributed by atoms with E-state index >= 15 is 0 Å². The van der Waals surface area contributed by atoms with Crippen molar-refractivity contribution in [1.29, 1.82) is 0 Å². The van der Waals surface area contributed by atoms with E-state index in [1.165, 1.54) is 11.1 Å². The summed E-state index contributed by atoms with van der Waals surface area (Å²) in [6, 6.07) is 12.6. The van der Waals surface area contributed by atoms with E-state index < -0.39 is 0 Å². The number of nitrogens with zero attached hydrogens (tertiary/aromatic N) is 1. The van der Waals surface area contributed by atoms with Gasteiger partial charge in [0.05, 0.1) is 0 Å². The molecule has 0 N–H and O–H groups in total. The average Bonchev–Trinajstić information content (AvgIpc) is 2.42. The first-order valence-corrected chi connectivity index (χ1v) is 6.94. The van der Waals surface area contributed by atoms with Gasteiger partial charge in [-0.1, -0.05) is 39.0 Å². The topological polar surface area (TPSA) is 3.88 Å². The van der Waals surface area contributed by atoms with Crippen LogP contribution in [0.15, 0.2) is 42.6 Å². The zero-order valence-electron chi connectivity index (χ0n) is 13.6. The van der Waals surface area contributed by atoms with Gasteiger partial charge in [-0.25, -0.2) is 4.57 Å². The summed E-state index contributed by atoms with van der Waals surface area (Å²) in [5, 5.41) is 0. The summed E-state index contributed by atoms with van der Waals surface area (Å²) in [7, 11) is 1.99. The second-order valence-electron chi connectivity index (χ2n) is 5.86. The van der Waals surface area contributed by atoms with Crippen molar-refractivity contribution >= 4 is 0 Å². The number of pyridine rings is 1. The second kappa shape index (κ2) is 5.16. The van der Waals surface area contributed by atoms with Crippen LogP contribution in [0.3, 0.4) is 0 Å². The Kier molecular flexibility index (Phi) is 3.37. The van der Waals surface area contributed by atoms with Gasteiger partial charge in [-0.2, -0.15) is 0 Å². The second-order valence-corrected chi connectivity index (χ2v) is 5.86. The molecule has 2 aromatic rings. The minimum atomic E-state index is 0.0408. The first-order valence-electron chi connectivity index (χ1n) is 7.44. The Labute approximate surface area is 118 Å². The highest BCUT2D eigenvalue weighted by molar-refractivity contribution is 5.60. The molecule has 0 aliphatic rings. The van der Waals surface area contributed by atoms with Gasteiger partial charge in [0, 0.05) is 17.2 Å². The Hall–Kier alpha value is -1.63. The Morgan fingerprint density at radius 2 is 1.84 bits per heavy atom. The number of hydrogen-bond donors (Lipinski definition) is 0. The van der Waals surface area contributed by atoms with Gasteiger partial charge in [0.1, 0.15) is 8.42 Å². The van der Waals surface area contributed by atoms with Crippen molar-refractivity contribution in [1.82, 2.24) is 0 Å². The molecule has 0 saturated carbocycles. The highest BCUT2D eigenvalue weighted by Crippen LogP contribution is 2.27. The summed E-state index contributed by atoms with van der Waals surface area (Å²) in [6.07, 6.45) is 1.64. The van der Waals surface area contributed by atoms with Gasteiger partial charge in [0.25, 0.3) is 0 Å². The molecule has 1 heteroatoms. The lowest BCUT2D eigenvalue weighted by atomic mass is 9.83. The van der Waals surface area contributed by atoms with Gasteiger partial charge in [-0.15, -0.1) is 0 Å². The third kappa shape index (κ3) is 2.70. The van der Waals surface area contributed by atoms with E-state index in [-0.39, 0.29) is 5.41 Å². The number of rotatable bonds is 3. The van der Waals surface area contributed by atoms with Gasteiger partial charge in [0.2, 0.25) is 5.69 Å². The number of aromatic nitrogens is 1. The Balaban J connectivity index is 2.61. The Bertz CT molecular complexity index is 629. The molecule has 0 spiro atoms. The number of benzene rings is 1. The van der Waals surface area contributed by atoms with E-state index in [0.717, 1.165) is 17.7 Å². The third-order valence-electron chi connectivity index (χ3n) is 4.09. The Morgan fingerprint density at radius 1 is 1.16 bits per heavy atom. The van der Waals surface area contributed by atoms with Crippen LogP contribution in [0.1, 0.15) is 39.7 Å². The standard InChI is InChI=1S/C18H24N/c1-6-18(3,4)15-11-12-17(19(5)13-15)16-10-8-7-9-14(16)2/h7-13H,6H2,1-5H3/q+1/i13D. The summed E-state index contributed by atoms with van der Waals surface area (Å²) in [4.78, 5) is 0. The number of hydrogen-bond acceptors (Lipinski definition) is 0. The van der Waals surface area contributed by atoms with E-state index in [4.69, 9.17) is 1.37 Å². The molecule has 0 fully saturated rings. The van der Waals surface area contributed by atoms with Crippen LogP contribution in [0.5, 0.6) is 0 Å². The molecule has 0 radical (unpaired) electrons. The molecule has 0 aliphatic heterocycles. The van der Waals surface area contributed by atoms with Crippen molar-refractivity contribution in [2.75, 3.05) is 0 Å². The molecule has 19 heavy (non-hydrogen) atoms. The zero-order chi connectivity index (χ0) is 14.9. The normalized spacial score (nSPS) is 12.4. The number of aryl methyl sites for hydroxylation is 1. The van der Waals surface area contributed by atoms with Crippen LogP contribution >= 0.6 is 0 Å². The van der Waals surface area contributed by atoms with Crippen LogP contribution in [0.25, 0.3) is 11.3 Å². The Morgan fingerprint density at radius 3 is 2.47 bits per heavy atom. The van der Waals surface area contributed by atoms with Crippen LogP contribution < -0.4 is 4.57 Å². The maximum Gasteiger partial charge on any atom is 0.212 e. The smallest absolute Gasteiger partial charge is 0.201 e. The summed E-state index contributed by atoms with van der Waals surface area (Å²) >= 11 is 0. The van der Waals surface area contributed by atoms with Crippen LogP contribution in [0.2, 0.25) is 0 Å². The minimum Gasteiger partial charge on any atom is -0.201 e. The molecular weight excluding hydrogens is 230 g/mol. The molecule has 0 aliphatic carbocycles. The molecule has 100 valence electrons. The van der Waals surface area contributed by atoms with Gasteiger partial charge in [0.15, 0.2) is 6.17 Å². The predicted molar refractivity (Wildman–Crippen MR) is 81.1 cm³/mol. The van der Waals surface area contributed by atoms with E-state index in [2.05, 4.69) is 64.1 Å². The SMILES string of the molecule is [2H]c1c(C(C)(C)CC)ccc(-c2ccccc2C)[n+]1C. The quantitative estimate of drug-likeness (QED) is 0.725. The minimum absolute atomic E-state index is 0.0408. The molecule has 0 saturated heterocycles. The van der Waals surface area contributed by atoms with Crippen molar-refractivity contribution in [3.8, 4) is 11.3 Å². The first kappa shape index (κ1) is 12.4. The fraction of sp³-hybridized carbons (Fsp3) is 0.389. The molecule has 2 rings (SSSR count). The molecule has 1 heterocycles. The van der Waals surface area contributed by atoms with Gasteiger partial charge in [-0.3, -0.25) is 0 Å². The average molecular weight is 255 g/mol. The van der Waals surface area contributed by atoms with Crippen LogP contribution in [-0.4, -0.2) is 0 Å².